The van der Waals surface area contributed by atoms with Gasteiger partial charge in [-0.25, -0.2) is 14.8 Å². The van der Waals surface area contributed by atoms with Crippen LogP contribution in [0.15, 0.2) is 42.9 Å². The number of nitrogens with one attached hydrogen (secondary N) is 2. The Hall–Kier alpha value is -2.89. The van der Waals surface area contributed by atoms with Crippen molar-refractivity contribution in [2.24, 2.45) is 0 Å². The standard InChI is InChI=1S/C13H10N4O2/c18-13(19)17-11-2-1-9(6-15-11)10-5-8-3-4-14-12(8)16-7-10/h1-7H,(H,14,16)(H,15,17)(H,18,19). The van der Waals surface area contributed by atoms with Crippen molar-refractivity contribution in [3.05, 3.63) is 42.9 Å². The van der Waals surface area contributed by atoms with Crippen LogP contribution < -0.4 is 5.32 Å². The number of rotatable bonds is 2. The van der Waals surface area contributed by atoms with Crippen molar-refractivity contribution >= 4 is 22.9 Å². The molecule has 19 heavy (non-hydrogen) atoms. The molecule has 6 nitrogen and oxygen atoms in total. The summed E-state index contributed by atoms with van der Waals surface area (Å²) in [7, 11) is 0. The molecule has 3 aromatic rings. The Labute approximate surface area is 108 Å². The fraction of sp³-hybridized carbons (Fsp3) is 0. The van der Waals surface area contributed by atoms with Crippen LogP contribution in [0.4, 0.5) is 10.6 Å². The number of pyridine rings is 2. The van der Waals surface area contributed by atoms with Gasteiger partial charge >= 0.3 is 6.09 Å². The van der Waals surface area contributed by atoms with E-state index >= 15 is 0 Å². The van der Waals surface area contributed by atoms with Crippen molar-refractivity contribution in [3.63, 3.8) is 0 Å². The lowest BCUT2D eigenvalue weighted by atomic mass is 10.1. The van der Waals surface area contributed by atoms with Crippen LogP contribution in [0, 0.1) is 0 Å². The average molecular weight is 254 g/mol. The van der Waals surface area contributed by atoms with E-state index in [1.807, 2.05) is 18.3 Å². The van der Waals surface area contributed by atoms with Gasteiger partial charge < -0.3 is 10.1 Å². The Morgan fingerprint density at radius 3 is 2.74 bits per heavy atom. The van der Waals surface area contributed by atoms with Gasteiger partial charge in [0.1, 0.15) is 11.5 Å². The van der Waals surface area contributed by atoms with Gasteiger partial charge in [-0.05, 0) is 24.3 Å². The molecule has 0 aliphatic heterocycles. The fourth-order valence-corrected chi connectivity index (χ4v) is 1.85. The van der Waals surface area contributed by atoms with E-state index in [4.69, 9.17) is 5.11 Å². The number of aromatic nitrogens is 3. The van der Waals surface area contributed by atoms with E-state index in [0.29, 0.717) is 5.82 Å². The molecule has 0 saturated heterocycles. The van der Waals surface area contributed by atoms with Crippen LogP contribution in [-0.4, -0.2) is 26.2 Å². The number of nitrogens with zero attached hydrogens (tertiary/aromatic N) is 2. The molecule has 0 bridgehead atoms. The molecular weight excluding hydrogens is 244 g/mol. The van der Waals surface area contributed by atoms with Crippen LogP contribution in [0.25, 0.3) is 22.2 Å². The first kappa shape index (κ1) is 11.2. The van der Waals surface area contributed by atoms with E-state index in [1.165, 1.54) is 0 Å². The van der Waals surface area contributed by atoms with Crippen molar-refractivity contribution in [1.82, 2.24) is 15.0 Å². The highest BCUT2D eigenvalue weighted by molar-refractivity contribution is 5.83. The molecule has 0 atom stereocenters. The molecule has 3 heterocycles. The molecule has 0 aromatic carbocycles. The molecule has 0 aliphatic rings. The number of aromatic amines is 1. The van der Waals surface area contributed by atoms with Crippen LogP contribution in [0.2, 0.25) is 0 Å². The second-order valence-corrected chi connectivity index (χ2v) is 4.00. The summed E-state index contributed by atoms with van der Waals surface area (Å²) < 4.78 is 0. The third-order valence-corrected chi connectivity index (χ3v) is 2.73. The molecule has 3 N–H and O–H groups in total. The van der Waals surface area contributed by atoms with Crippen molar-refractivity contribution in [2.75, 3.05) is 5.32 Å². The predicted octanol–water partition coefficient (Wildman–Crippen LogP) is 2.71. The number of fused-ring (bicyclic) bond motifs is 1. The Morgan fingerprint density at radius 2 is 2.00 bits per heavy atom. The molecular formula is C13H10N4O2. The minimum atomic E-state index is -1.13. The number of carboxylic acid groups (broad SMARTS) is 1. The highest BCUT2D eigenvalue weighted by Crippen LogP contribution is 2.22. The molecule has 1 amide bonds. The average Bonchev–Trinajstić information content (AvgIpc) is 2.86. The molecule has 0 fully saturated rings. The lowest BCUT2D eigenvalue weighted by molar-refractivity contribution is 0.209. The molecule has 94 valence electrons. The Balaban J connectivity index is 1.94. The Kier molecular flexibility index (Phi) is 2.60. The molecule has 0 radical (unpaired) electrons. The fourth-order valence-electron chi connectivity index (χ4n) is 1.85. The van der Waals surface area contributed by atoms with Crippen LogP contribution in [0.3, 0.4) is 0 Å². The summed E-state index contributed by atoms with van der Waals surface area (Å²) in [6, 6.07) is 7.36. The first-order chi connectivity index (χ1) is 9.22. The summed E-state index contributed by atoms with van der Waals surface area (Å²) in [6.07, 6.45) is 4.07. The van der Waals surface area contributed by atoms with E-state index in [-0.39, 0.29) is 0 Å². The third kappa shape index (κ3) is 2.23. The zero-order valence-corrected chi connectivity index (χ0v) is 9.79. The van der Waals surface area contributed by atoms with E-state index in [0.717, 1.165) is 22.2 Å². The van der Waals surface area contributed by atoms with Crippen molar-refractivity contribution in [1.29, 1.82) is 0 Å². The predicted molar refractivity (Wildman–Crippen MR) is 71.0 cm³/mol. The molecule has 0 aliphatic carbocycles. The molecule has 0 spiro atoms. The Bertz CT molecular complexity index is 734. The number of carbonyl (C=O) groups is 1. The summed E-state index contributed by atoms with van der Waals surface area (Å²) in [4.78, 5) is 21.8. The summed E-state index contributed by atoms with van der Waals surface area (Å²) in [5.74, 6) is 0.298. The summed E-state index contributed by atoms with van der Waals surface area (Å²) in [5, 5.41) is 11.8. The highest BCUT2D eigenvalue weighted by atomic mass is 16.4. The Morgan fingerprint density at radius 1 is 1.16 bits per heavy atom. The zero-order valence-electron chi connectivity index (χ0n) is 9.79. The van der Waals surface area contributed by atoms with Gasteiger partial charge in [0.2, 0.25) is 0 Å². The number of hydrogen-bond acceptors (Lipinski definition) is 3. The quantitative estimate of drug-likeness (QED) is 0.655. The second-order valence-electron chi connectivity index (χ2n) is 4.00. The monoisotopic (exact) mass is 254 g/mol. The number of anilines is 1. The van der Waals surface area contributed by atoms with E-state index in [1.54, 1.807) is 24.5 Å². The molecule has 0 saturated carbocycles. The summed E-state index contributed by atoms with van der Waals surface area (Å²) >= 11 is 0. The second kappa shape index (κ2) is 4.41. The number of H-pyrrole nitrogens is 1. The van der Waals surface area contributed by atoms with Crippen LogP contribution in [-0.2, 0) is 0 Å². The third-order valence-electron chi connectivity index (χ3n) is 2.73. The van der Waals surface area contributed by atoms with Gasteiger partial charge in [0.15, 0.2) is 0 Å². The highest BCUT2D eigenvalue weighted by Gasteiger charge is 2.03. The van der Waals surface area contributed by atoms with Crippen molar-refractivity contribution < 1.29 is 9.90 Å². The maximum absolute atomic E-state index is 10.5. The topological polar surface area (TPSA) is 90.9 Å². The number of hydrogen-bond donors (Lipinski definition) is 3. The van der Waals surface area contributed by atoms with Crippen LogP contribution in [0.5, 0.6) is 0 Å². The van der Waals surface area contributed by atoms with E-state index < -0.39 is 6.09 Å². The first-order valence-electron chi connectivity index (χ1n) is 5.62. The molecule has 0 unspecified atom stereocenters. The maximum atomic E-state index is 10.5. The van der Waals surface area contributed by atoms with Gasteiger partial charge in [0, 0.05) is 35.1 Å². The summed E-state index contributed by atoms with van der Waals surface area (Å²) in [6.45, 7) is 0. The molecule has 3 aromatic heterocycles. The maximum Gasteiger partial charge on any atom is 0.410 e. The van der Waals surface area contributed by atoms with Gasteiger partial charge in [-0.3, -0.25) is 5.32 Å². The summed E-state index contributed by atoms with van der Waals surface area (Å²) in [5.41, 5.74) is 2.65. The zero-order chi connectivity index (χ0) is 13.2. The SMILES string of the molecule is O=C(O)Nc1ccc(-c2cnc3[nH]ccc3c2)cn1. The van der Waals surface area contributed by atoms with Crippen molar-refractivity contribution in [2.45, 2.75) is 0 Å². The van der Waals surface area contributed by atoms with Gasteiger partial charge in [-0.1, -0.05) is 0 Å². The lowest BCUT2D eigenvalue weighted by Crippen LogP contribution is -2.08. The minimum Gasteiger partial charge on any atom is -0.465 e. The van der Waals surface area contributed by atoms with E-state index in [9.17, 15) is 4.79 Å². The number of amides is 1. The smallest absolute Gasteiger partial charge is 0.410 e. The lowest BCUT2D eigenvalue weighted by Gasteiger charge is -2.03. The normalized spacial score (nSPS) is 10.5. The van der Waals surface area contributed by atoms with Gasteiger partial charge in [-0.2, -0.15) is 0 Å². The van der Waals surface area contributed by atoms with Gasteiger partial charge in [0.25, 0.3) is 0 Å². The van der Waals surface area contributed by atoms with Crippen LogP contribution >= 0.6 is 0 Å². The van der Waals surface area contributed by atoms with E-state index in [2.05, 4.69) is 20.3 Å². The minimum absolute atomic E-state index is 0.298. The largest absolute Gasteiger partial charge is 0.465 e. The van der Waals surface area contributed by atoms with Gasteiger partial charge in [-0.15, -0.1) is 0 Å². The van der Waals surface area contributed by atoms with Crippen molar-refractivity contribution in [3.8, 4) is 11.1 Å². The van der Waals surface area contributed by atoms with Crippen LogP contribution in [0.1, 0.15) is 0 Å². The van der Waals surface area contributed by atoms with Gasteiger partial charge in [0.05, 0.1) is 0 Å². The molecule has 6 heteroatoms. The molecule has 3 rings (SSSR count). The first-order valence-corrected chi connectivity index (χ1v) is 5.62.